The zero-order valence-electron chi connectivity index (χ0n) is 87.4. The second-order valence-corrected chi connectivity index (χ2v) is 44.9. The second-order valence-electron chi connectivity index (χ2n) is 44.9. The van der Waals surface area contributed by atoms with E-state index in [2.05, 4.69) is 391 Å². The summed E-state index contributed by atoms with van der Waals surface area (Å²) in [5.74, 6) is 0. The van der Waals surface area contributed by atoms with E-state index in [1.54, 1.807) is 0 Å². The van der Waals surface area contributed by atoms with Crippen molar-refractivity contribution in [1.29, 1.82) is 0 Å². The summed E-state index contributed by atoms with van der Waals surface area (Å²) in [6, 6.07) is 74.4. The van der Waals surface area contributed by atoms with Gasteiger partial charge in [-0.25, -0.2) is 0 Å². The molecule has 4 nitrogen and oxygen atoms in total. The van der Waals surface area contributed by atoms with E-state index < -0.39 is 18.5 Å². The average Bonchev–Trinajstić information content (AvgIpc) is 0.725. The van der Waals surface area contributed by atoms with Gasteiger partial charge in [0.1, 0.15) is 0 Å². The van der Waals surface area contributed by atoms with Gasteiger partial charge in [0.05, 0.1) is 44.4 Å². The van der Waals surface area contributed by atoms with Crippen LogP contribution in [0.25, 0.3) is 99.5 Å². The Morgan fingerprint density at radius 2 is 0.590 bits per heavy atom. The molecule has 13 aromatic carbocycles. The molecule has 17 rings (SSSR count). The Kier molecular flexibility index (Phi) is 17.3. The number of hydrogen-bond acceptors (Lipinski definition) is 2. The number of anilines is 6. The molecule has 2 aliphatic heterocycles. The number of benzene rings is 13. The van der Waals surface area contributed by atoms with Gasteiger partial charge < -0.3 is 18.9 Å². The molecule has 0 unspecified atom stereocenters. The summed E-state index contributed by atoms with van der Waals surface area (Å²) < 4.78 is 105. The molecule has 0 fully saturated rings. The van der Waals surface area contributed by atoms with Gasteiger partial charge in [0.15, 0.2) is 0 Å². The van der Waals surface area contributed by atoms with E-state index in [9.17, 15) is 13.7 Å². The maximum Gasteiger partial charge on any atom is 0.252 e. The maximum atomic E-state index is 11.3. The third-order valence-electron chi connectivity index (χ3n) is 25.0. The molecule has 2 aliphatic rings. The van der Waals surface area contributed by atoms with Crippen molar-refractivity contribution in [3.8, 4) is 55.9 Å². The lowest BCUT2D eigenvalue weighted by atomic mass is 9.33. The first-order valence-electron chi connectivity index (χ1n) is 49.2. The molecule has 0 amide bonds. The topological polar surface area (TPSA) is 16.3 Å². The number of fused-ring (bicyclic) bond motifs is 10. The van der Waals surface area contributed by atoms with Crippen molar-refractivity contribution < 1.29 is 13.7 Å². The van der Waals surface area contributed by atoms with E-state index in [4.69, 9.17) is 0 Å². The molecule has 0 N–H and O–H groups in total. The SMILES string of the molecule is [2H]c1c([2H])c([2H])c2c(c1[2H])c1cc(C(C)(C)C)ccc1n2-c1ccc2c(c1)N(c1c(-c3cccc(C(C)(C)C)c3)cc(CC(C)(C)C)cc1-c1cccc(C(C)(C)C)c1)c1cc(C([2H])([2H])C(C)(C)C)cc3c1B2c1ccc(-n2c4ccc(C(C)(C)C)cc4c4c([2H])c([2H])c([2H])c([2H])c42)cc1N3c1c(-c2cccc(C(C)(C)C)c2)cc(CC(C)(C)C)cc1-c1cccc(C(C)(C)C)c1. The van der Waals surface area contributed by atoms with Gasteiger partial charge in [0.2, 0.25) is 0 Å². The predicted octanol–water partition coefficient (Wildman–Crippen LogP) is 31.2. The Bertz CT molecular complexity index is 6720. The van der Waals surface area contributed by atoms with E-state index in [1.165, 1.54) is 0 Å². The molecule has 122 heavy (non-hydrogen) atoms. The predicted molar refractivity (Wildman–Crippen MR) is 533 cm³/mol. The Labute approximate surface area is 744 Å². The zero-order valence-corrected chi connectivity index (χ0v) is 77.4. The summed E-state index contributed by atoms with van der Waals surface area (Å²) >= 11 is 0. The van der Waals surface area contributed by atoms with Crippen LogP contribution < -0.4 is 26.2 Å². The van der Waals surface area contributed by atoms with Crippen LogP contribution in [0.5, 0.6) is 0 Å². The normalized spacial score (nSPS) is 15.0. The standard InChI is InChI=1S/C117H129BN4/c1-109(2,3)70-73-56-90(76-36-32-40-80(62-76)112(10,11)12)107(91(57-73)77-37-33-41-81(63-77)113(13,14)15)121-102-68-86(119-98-46-30-28-44-88(98)94-66-84(116(22,23)24)48-54-100(94)119)50-52-96(102)118-97-53-51-87(120-99-47-31-29-45-89(99)95-67-85(117(25,26)27)49-55-101(95)120)69-103(97)122(105-61-75(72-111(7,8)9)60-104(121)106(105)118)108-92(78-38-34-42-82(64-78)114(16,17)18)58-74(71-110(4,5)6)59-93(108)79-39-35-43-83(65-79)115(19,20)21/h28-69H,70-72H2,1-27H3/i28D,29D,30D,31D,44D,45D,46D,47D,72D2. The van der Waals surface area contributed by atoms with Gasteiger partial charge in [-0.1, -0.05) is 345 Å². The van der Waals surface area contributed by atoms with Crippen LogP contribution in [0.15, 0.2) is 255 Å². The fourth-order valence-electron chi connectivity index (χ4n) is 18.9. The molecule has 2 aromatic heterocycles. The molecule has 0 spiro atoms. The molecule has 620 valence electrons. The molecular weight excluding hydrogens is 1470 g/mol. The fourth-order valence-corrected chi connectivity index (χ4v) is 18.9. The van der Waals surface area contributed by atoms with Gasteiger partial charge in [0, 0.05) is 80.7 Å². The minimum absolute atomic E-state index is 0.125. The highest BCUT2D eigenvalue weighted by Gasteiger charge is 2.47. The Morgan fingerprint density at radius 1 is 0.279 bits per heavy atom. The number of rotatable bonds is 11. The van der Waals surface area contributed by atoms with Gasteiger partial charge >= 0.3 is 0 Å². The molecular formula is C117H129BN4. The quantitative estimate of drug-likeness (QED) is 0.120. The highest BCUT2D eigenvalue weighted by atomic mass is 15.2. The summed E-state index contributed by atoms with van der Waals surface area (Å²) in [5.41, 5.74) is 24.8. The summed E-state index contributed by atoms with van der Waals surface area (Å²) in [7, 11) is 0. The minimum atomic E-state index is -2.10. The first-order valence-corrected chi connectivity index (χ1v) is 44.2. The minimum Gasteiger partial charge on any atom is -0.310 e. The lowest BCUT2D eigenvalue weighted by Gasteiger charge is -2.46. The van der Waals surface area contributed by atoms with Crippen LogP contribution in [0.1, 0.15) is 251 Å². The van der Waals surface area contributed by atoms with Crippen LogP contribution >= 0.6 is 0 Å². The van der Waals surface area contributed by atoms with E-state index >= 15 is 0 Å². The van der Waals surface area contributed by atoms with Gasteiger partial charge in [0.25, 0.3) is 6.71 Å². The smallest absolute Gasteiger partial charge is 0.252 e. The van der Waals surface area contributed by atoms with Gasteiger partial charge in [-0.2, -0.15) is 0 Å². The lowest BCUT2D eigenvalue weighted by Crippen LogP contribution is -2.61. The molecule has 4 heterocycles. The van der Waals surface area contributed by atoms with Crippen molar-refractivity contribution in [2.45, 2.75) is 239 Å². The lowest BCUT2D eigenvalue weighted by molar-refractivity contribution is 0.411. The van der Waals surface area contributed by atoms with E-state index in [0.29, 0.717) is 60.5 Å². The number of hydrogen-bond donors (Lipinski definition) is 0. The highest BCUT2D eigenvalue weighted by Crippen LogP contribution is 2.56. The molecule has 0 radical (unpaired) electrons. The van der Waals surface area contributed by atoms with Crippen molar-refractivity contribution in [2.75, 3.05) is 9.80 Å². The number of nitrogens with zero attached hydrogens (tertiary/aromatic N) is 4. The van der Waals surface area contributed by atoms with Gasteiger partial charge in [-0.05, 0) is 254 Å². The van der Waals surface area contributed by atoms with Gasteiger partial charge in [-0.3, -0.25) is 0 Å². The third kappa shape index (κ3) is 15.6. The maximum absolute atomic E-state index is 11.3. The number of aromatic nitrogens is 2. The van der Waals surface area contributed by atoms with E-state index in [0.717, 1.165) is 152 Å². The third-order valence-corrected chi connectivity index (χ3v) is 25.0. The Balaban J connectivity index is 1.15. The number of para-hydroxylation sites is 2. The van der Waals surface area contributed by atoms with Crippen molar-refractivity contribution in [3.05, 3.63) is 305 Å². The average molecular weight is 1610 g/mol. The van der Waals surface area contributed by atoms with Crippen LogP contribution in [0.4, 0.5) is 34.1 Å². The largest absolute Gasteiger partial charge is 0.310 e. The molecule has 0 aliphatic carbocycles. The highest BCUT2D eigenvalue weighted by molar-refractivity contribution is 7.00. The van der Waals surface area contributed by atoms with E-state index in [-0.39, 0.29) is 91.7 Å². The van der Waals surface area contributed by atoms with Crippen LogP contribution in [0.3, 0.4) is 0 Å². The first-order chi connectivity index (χ1) is 61.2. The second kappa shape index (κ2) is 29.4. The molecule has 5 heteroatoms. The Morgan fingerprint density at radius 3 is 0.893 bits per heavy atom. The van der Waals surface area contributed by atoms with Crippen molar-refractivity contribution in [2.24, 2.45) is 16.2 Å². The zero-order chi connectivity index (χ0) is 95.7. The summed E-state index contributed by atoms with van der Waals surface area (Å²) in [6.45, 7) is 59.4. The molecule has 0 bridgehead atoms. The summed E-state index contributed by atoms with van der Waals surface area (Å²) in [4.78, 5) is 4.97. The van der Waals surface area contributed by atoms with Crippen LogP contribution in [-0.4, -0.2) is 15.8 Å². The first kappa shape index (κ1) is 71.7. The monoisotopic (exact) mass is 1610 g/mol. The Hall–Kier alpha value is -10.9. The molecule has 0 atom stereocenters. The summed E-state index contributed by atoms with van der Waals surface area (Å²) in [5, 5.41) is 2.24. The molecule has 0 saturated heterocycles. The van der Waals surface area contributed by atoms with E-state index in [1.807, 2.05) is 20.8 Å². The van der Waals surface area contributed by atoms with Gasteiger partial charge in [-0.15, -0.1) is 0 Å². The van der Waals surface area contributed by atoms with Crippen LogP contribution in [-0.2, 0) is 51.7 Å². The fraction of sp³-hybridized carbons (Fsp3) is 0.333. The molecule has 15 aromatic rings. The van der Waals surface area contributed by atoms with Crippen LogP contribution in [0, 0.1) is 16.2 Å². The van der Waals surface area contributed by atoms with Crippen LogP contribution in [0.2, 0.25) is 0 Å². The van der Waals surface area contributed by atoms with Crippen molar-refractivity contribution in [3.63, 3.8) is 0 Å². The molecule has 0 saturated carbocycles. The van der Waals surface area contributed by atoms with Crippen molar-refractivity contribution in [1.82, 2.24) is 9.13 Å². The summed E-state index contributed by atoms with van der Waals surface area (Å²) in [6.07, 6.45) is -0.651. The van der Waals surface area contributed by atoms with Crippen molar-refractivity contribution >= 4 is 101 Å².